The fourth-order valence-corrected chi connectivity index (χ4v) is 1.89. The van der Waals surface area contributed by atoms with Gasteiger partial charge >= 0.3 is 0 Å². The van der Waals surface area contributed by atoms with Crippen LogP contribution in [0.4, 0.5) is 10.1 Å². The molecule has 2 rings (SSSR count). The van der Waals surface area contributed by atoms with Crippen LogP contribution >= 0.6 is 12.2 Å². The van der Waals surface area contributed by atoms with E-state index >= 15 is 0 Å². The molecule has 2 aromatic rings. The Labute approximate surface area is 122 Å². The molecule has 1 atom stereocenters. The van der Waals surface area contributed by atoms with Crippen molar-refractivity contribution in [2.75, 3.05) is 11.9 Å². The van der Waals surface area contributed by atoms with E-state index in [1.165, 1.54) is 12.1 Å². The average molecular weight is 290 g/mol. The van der Waals surface area contributed by atoms with Crippen LogP contribution < -0.4 is 10.6 Å². The summed E-state index contributed by atoms with van der Waals surface area (Å²) in [4.78, 5) is 0. The largest absolute Gasteiger partial charge is 0.387 e. The first-order valence-electron chi connectivity index (χ1n) is 6.18. The maximum absolute atomic E-state index is 12.8. The van der Waals surface area contributed by atoms with E-state index in [4.69, 9.17) is 12.2 Å². The highest BCUT2D eigenvalue weighted by molar-refractivity contribution is 7.80. The third-order valence-electron chi connectivity index (χ3n) is 2.74. The van der Waals surface area contributed by atoms with Crippen molar-refractivity contribution < 1.29 is 9.50 Å². The molecule has 5 heteroatoms. The van der Waals surface area contributed by atoms with Crippen LogP contribution in [0.5, 0.6) is 0 Å². The Bertz CT molecular complexity index is 560. The van der Waals surface area contributed by atoms with Crippen molar-refractivity contribution in [2.24, 2.45) is 0 Å². The summed E-state index contributed by atoms with van der Waals surface area (Å²) in [5, 5.41) is 16.2. The Morgan fingerprint density at radius 2 is 1.75 bits per heavy atom. The molecule has 3 nitrogen and oxygen atoms in total. The van der Waals surface area contributed by atoms with Crippen molar-refractivity contribution in [3.8, 4) is 0 Å². The number of hydrogen-bond acceptors (Lipinski definition) is 2. The van der Waals surface area contributed by atoms with Gasteiger partial charge in [-0.1, -0.05) is 30.3 Å². The first-order chi connectivity index (χ1) is 9.65. The number of benzene rings is 2. The first kappa shape index (κ1) is 14.4. The normalized spacial score (nSPS) is 11.7. The Morgan fingerprint density at radius 3 is 2.40 bits per heavy atom. The van der Waals surface area contributed by atoms with E-state index in [0.717, 1.165) is 5.56 Å². The average Bonchev–Trinajstić information content (AvgIpc) is 2.48. The number of hydrogen-bond donors (Lipinski definition) is 3. The van der Waals surface area contributed by atoms with Crippen molar-refractivity contribution in [3.05, 3.63) is 66.0 Å². The molecule has 0 aliphatic carbocycles. The molecule has 20 heavy (non-hydrogen) atoms. The lowest BCUT2D eigenvalue weighted by atomic mass is 10.1. The van der Waals surface area contributed by atoms with E-state index in [9.17, 15) is 9.50 Å². The third kappa shape index (κ3) is 4.29. The molecule has 0 aromatic heterocycles. The second-order valence-corrected chi connectivity index (χ2v) is 4.68. The summed E-state index contributed by atoms with van der Waals surface area (Å²) in [6, 6.07) is 15.2. The number of nitrogens with one attached hydrogen (secondary N) is 2. The summed E-state index contributed by atoms with van der Waals surface area (Å²) >= 11 is 5.11. The zero-order chi connectivity index (χ0) is 14.4. The molecule has 0 aliphatic rings. The molecule has 0 aliphatic heterocycles. The van der Waals surface area contributed by atoms with Gasteiger partial charge in [0.1, 0.15) is 5.82 Å². The van der Waals surface area contributed by atoms with Gasteiger partial charge in [0, 0.05) is 12.2 Å². The van der Waals surface area contributed by atoms with Gasteiger partial charge in [-0.15, -0.1) is 0 Å². The van der Waals surface area contributed by atoms with E-state index in [1.54, 1.807) is 12.1 Å². The number of aliphatic hydroxyl groups is 1. The van der Waals surface area contributed by atoms with Gasteiger partial charge in [-0.25, -0.2) is 4.39 Å². The van der Waals surface area contributed by atoms with E-state index in [2.05, 4.69) is 10.6 Å². The van der Waals surface area contributed by atoms with Crippen molar-refractivity contribution >= 4 is 23.0 Å². The van der Waals surface area contributed by atoms with Gasteiger partial charge in [0.05, 0.1) is 6.10 Å². The lowest BCUT2D eigenvalue weighted by Crippen LogP contribution is -2.32. The second kappa shape index (κ2) is 6.98. The molecule has 3 N–H and O–H groups in total. The first-order valence-corrected chi connectivity index (χ1v) is 6.59. The monoisotopic (exact) mass is 290 g/mol. The minimum absolute atomic E-state index is 0.297. The number of anilines is 1. The molecule has 0 fully saturated rings. The predicted molar refractivity (Wildman–Crippen MR) is 82.0 cm³/mol. The van der Waals surface area contributed by atoms with Crippen molar-refractivity contribution in [3.63, 3.8) is 0 Å². The van der Waals surface area contributed by atoms with Crippen LogP contribution in [-0.4, -0.2) is 16.8 Å². The van der Waals surface area contributed by atoms with Crippen LogP contribution in [0.25, 0.3) is 0 Å². The number of rotatable bonds is 4. The molecule has 0 bridgehead atoms. The molecule has 2 aromatic carbocycles. The summed E-state index contributed by atoms with van der Waals surface area (Å²) in [6.45, 7) is 0.303. The van der Waals surface area contributed by atoms with Crippen LogP contribution in [0.1, 0.15) is 11.7 Å². The fraction of sp³-hybridized carbons (Fsp3) is 0.133. The summed E-state index contributed by atoms with van der Waals surface area (Å²) < 4.78 is 12.8. The molecular weight excluding hydrogens is 275 g/mol. The maximum atomic E-state index is 12.8. The molecule has 0 saturated heterocycles. The summed E-state index contributed by atoms with van der Waals surface area (Å²) in [6.07, 6.45) is -0.635. The minimum Gasteiger partial charge on any atom is -0.387 e. The number of aliphatic hydroxyl groups excluding tert-OH is 1. The van der Waals surface area contributed by atoms with Crippen molar-refractivity contribution in [1.82, 2.24) is 5.32 Å². The SMILES string of the molecule is OC(CNC(=S)Nc1ccc(F)cc1)c1ccccc1. The van der Waals surface area contributed by atoms with Gasteiger partial charge in [0.15, 0.2) is 5.11 Å². The smallest absolute Gasteiger partial charge is 0.170 e. The van der Waals surface area contributed by atoms with Gasteiger partial charge < -0.3 is 15.7 Å². The minimum atomic E-state index is -0.635. The fourth-order valence-electron chi connectivity index (χ4n) is 1.69. The third-order valence-corrected chi connectivity index (χ3v) is 2.99. The van der Waals surface area contributed by atoms with Crippen molar-refractivity contribution in [1.29, 1.82) is 0 Å². The van der Waals surface area contributed by atoms with Gasteiger partial charge in [0.25, 0.3) is 0 Å². The highest BCUT2D eigenvalue weighted by Gasteiger charge is 2.07. The maximum Gasteiger partial charge on any atom is 0.170 e. The molecule has 0 heterocycles. The van der Waals surface area contributed by atoms with E-state index in [-0.39, 0.29) is 5.82 Å². The lowest BCUT2D eigenvalue weighted by Gasteiger charge is -2.14. The van der Waals surface area contributed by atoms with Crippen molar-refractivity contribution in [2.45, 2.75) is 6.10 Å². The zero-order valence-corrected chi connectivity index (χ0v) is 11.5. The molecule has 0 radical (unpaired) electrons. The number of halogens is 1. The molecule has 0 saturated carbocycles. The predicted octanol–water partition coefficient (Wildman–Crippen LogP) is 2.85. The molecule has 1 unspecified atom stereocenters. The Kier molecular flexibility index (Phi) is 5.03. The summed E-state index contributed by atoms with van der Waals surface area (Å²) in [5.74, 6) is -0.297. The summed E-state index contributed by atoms with van der Waals surface area (Å²) in [5.41, 5.74) is 1.52. The van der Waals surface area contributed by atoms with Crippen LogP contribution in [0.15, 0.2) is 54.6 Å². The Morgan fingerprint density at radius 1 is 1.10 bits per heavy atom. The highest BCUT2D eigenvalue weighted by Crippen LogP contribution is 2.11. The van der Waals surface area contributed by atoms with Crippen LogP contribution in [0, 0.1) is 5.82 Å². The second-order valence-electron chi connectivity index (χ2n) is 4.27. The van der Waals surface area contributed by atoms with Crippen LogP contribution in [0.2, 0.25) is 0 Å². The highest BCUT2D eigenvalue weighted by atomic mass is 32.1. The number of thiocarbonyl (C=S) groups is 1. The van der Waals surface area contributed by atoms with E-state index in [1.807, 2.05) is 30.3 Å². The Hall–Kier alpha value is -1.98. The molecule has 0 spiro atoms. The molecule has 0 amide bonds. The van der Waals surface area contributed by atoms with E-state index < -0.39 is 6.10 Å². The van der Waals surface area contributed by atoms with E-state index in [0.29, 0.717) is 17.3 Å². The molecule has 104 valence electrons. The van der Waals surface area contributed by atoms with Crippen LogP contribution in [-0.2, 0) is 0 Å². The van der Waals surface area contributed by atoms with Gasteiger partial charge in [-0.3, -0.25) is 0 Å². The Balaban J connectivity index is 1.82. The zero-order valence-electron chi connectivity index (χ0n) is 10.7. The van der Waals surface area contributed by atoms with Crippen LogP contribution in [0.3, 0.4) is 0 Å². The topological polar surface area (TPSA) is 44.3 Å². The quantitative estimate of drug-likeness (QED) is 0.758. The van der Waals surface area contributed by atoms with Gasteiger partial charge in [0.2, 0.25) is 0 Å². The lowest BCUT2D eigenvalue weighted by molar-refractivity contribution is 0.181. The standard InChI is InChI=1S/C15H15FN2OS/c16-12-6-8-13(9-7-12)18-15(20)17-10-14(19)11-4-2-1-3-5-11/h1-9,14,19H,10H2,(H2,17,18,20). The molecular formula is C15H15FN2OS. The van der Waals surface area contributed by atoms with Gasteiger partial charge in [-0.05, 0) is 42.0 Å². The van der Waals surface area contributed by atoms with Gasteiger partial charge in [-0.2, -0.15) is 0 Å². The summed E-state index contributed by atoms with van der Waals surface area (Å²) in [7, 11) is 0.